The molecule has 0 saturated carbocycles. The Balaban J connectivity index is 1.71. The van der Waals surface area contributed by atoms with Crippen molar-refractivity contribution in [3.63, 3.8) is 0 Å². The smallest absolute Gasteiger partial charge is 0.119 e. The number of ether oxygens (including phenoxy) is 2. The maximum Gasteiger partial charge on any atom is 0.119 e. The van der Waals surface area contributed by atoms with E-state index in [0.29, 0.717) is 11.3 Å². The summed E-state index contributed by atoms with van der Waals surface area (Å²) in [5, 5.41) is 0. The van der Waals surface area contributed by atoms with Crippen LogP contribution in [0.1, 0.15) is 54.4 Å². The van der Waals surface area contributed by atoms with Crippen LogP contribution in [0.25, 0.3) is 0 Å². The normalized spacial score (nSPS) is 23.6. The molecule has 0 saturated heterocycles. The second kappa shape index (κ2) is 6.40. The highest BCUT2D eigenvalue weighted by atomic mass is 16.5. The molecular weight excluding hydrogens is 308 g/mol. The number of hydrogen-bond acceptors (Lipinski definition) is 2. The van der Waals surface area contributed by atoms with Crippen molar-refractivity contribution in [3.8, 4) is 11.5 Å². The van der Waals surface area contributed by atoms with E-state index in [0.717, 1.165) is 11.5 Å². The highest BCUT2D eigenvalue weighted by Crippen LogP contribution is 2.57. The number of benzene rings is 2. The first-order valence-corrected chi connectivity index (χ1v) is 9.51. The van der Waals surface area contributed by atoms with Crippen LogP contribution in [0.4, 0.5) is 0 Å². The van der Waals surface area contributed by atoms with Gasteiger partial charge in [0.25, 0.3) is 0 Å². The van der Waals surface area contributed by atoms with Gasteiger partial charge in [-0.3, -0.25) is 0 Å². The lowest BCUT2D eigenvalue weighted by Gasteiger charge is -2.32. The Morgan fingerprint density at radius 1 is 0.880 bits per heavy atom. The third kappa shape index (κ3) is 2.72. The van der Waals surface area contributed by atoms with Gasteiger partial charge >= 0.3 is 0 Å². The SMILES string of the molecule is CCCCC1c2ccc(OC)cc2CC12Cc1ccc(OC)cc1C2. The molecule has 0 aliphatic heterocycles. The maximum atomic E-state index is 5.48. The van der Waals surface area contributed by atoms with E-state index in [-0.39, 0.29) is 0 Å². The third-order valence-electron chi connectivity index (χ3n) is 6.35. The van der Waals surface area contributed by atoms with Gasteiger partial charge in [-0.05, 0) is 83.5 Å². The molecule has 4 rings (SSSR count). The van der Waals surface area contributed by atoms with Crippen molar-refractivity contribution in [1.29, 1.82) is 0 Å². The number of unbranched alkanes of at least 4 members (excludes halogenated alkanes) is 1. The fraction of sp³-hybridized carbons (Fsp3) is 0.478. The quantitative estimate of drug-likeness (QED) is 0.736. The molecule has 0 N–H and O–H groups in total. The summed E-state index contributed by atoms with van der Waals surface area (Å²) in [6, 6.07) is 13.4. The van der Waals surface area contributed by atoms with Crippen molar-refractivity contribution < 1.29 is 9.47 Å². The Bertz CT molecular complexity index is 776. The van der Waals surface area contributed by atoms with Crippen molar-refractivity contribution in [2.24, 2.45) is 5.41 Å². The fourth-order valence-electron chi connectivity index (χ4n) is 5.16. The molecule has 2 aliphatic rings. The monoisotopic (exact) mass is 336 g/mol. The zero-order chi connectivity index (χ0) is 17.4. The summed E-state index contributed by atoms with van der Waals surface area (Å²) in [7, 11) is 3.52. The molecule has 0 bridgehead atoms. The highest BCUT2D eigenvalue weighted by molar-refractivity contribution is 5.49. The number of fused-ring (bicyclic) bond motifs is 2. The van der Waals surface area contributed by atoms with Crippen molar-refractivity contribution in [2.45, 2.75) is 51.4 Å². The van der Waals surface area contributed by atoms with E-state index in [9.17, 15) is 0 Å². The van der Waals surface area contributed by atoms with Gasteiger partial charge < -0.3 is 9.47 Å². The molecule has 0 amide bonds. The Morgan fingerprint density at radius 3 is 2.24 bits per heavy atom. The molecule has 132 valence electrons. The minimum atomic E-state index is 0.346. The molecule has 1 spiro atoms. The summed E-state index contributed by atoms with van der Waals surface area (Å²) in [6.45, 7) is 2.30. The molecule has 2 aromatic carbocycles. The van der Waals surface area contributed by atoms with E-state index < -0.39 is 0 Å². The molecule has 2 aliphatic carbocycles. The van der Waals surface area contributed by atoms with E-state index in [1.54, 1.807) is 19.8 Å². The van der Waals surface area contributed by atoms with Crippen LogP contribution >= 0.6 is 0 Å². The lowest BCUT2D eigenvalue weighted by atomic mass is 9.71. The number of methoxy groups -OCH3 is 2. The fourth-order valence-corrected chi connectivity index (χ4v) is 5.16. The molecular formula is C23H28O2. The number of rotatable bonds is 5. The van der Waals surface area contributed by atoms with Crippen LogP contribution in [-0.4, -0.2) is 14.2 Å². The van der Waals surface area contributed by atoms with Gasteiger partial charge in [0.15, 0.2) is 0 Å². The standard InChI is InChI=1S/C23H28O2/c1-4-5-6-22-21-10-9-20(25-3)12-18(21)15-23(22)13-16-7-8-19(24-2)11-17(16)14-23/h7-12,22H,4-6,13-15H2,1-3H3. The topological polar surface area (TPSA) is 18.5 Å². The third-order valence-corrected chi connectivity index (χ3v) is 6.35. The maximum absolute atomic E-state index is 5.48. The predicted octanol–water partition coefficient (Wildman–Crippen LogP) is 5.32. The molecule has 2 nitrogen and oxygen atoms in total. The predicted molar refractivity (Wildman–Crippen MR) is 102 cm³/mol. The van der Waals surface area contributed by atoms with Gasteiger partial charge in [-0.15, -0.1) is 0 Å². The lowest BCUT2D eigenvalue weighted by Crippen LogP contribution is -2.27. The van der Waals surface area contributed by atoms with Gasteiger partial charge in [0, 0.05) is 0 Å². The summed E-state index contributed by atoms with van der Waals surface area (Å²) in [5.41, 5.74) is 6.41. The van der Waals surface area contributed by atoms with Crippen LogP contribution in [0.15, 0.2) is 36.4 Å². The van der Waals surface area contributed by atoms with Crippen LogP contribution < -0.4 is 9.47 Å². The second-order valence-electron chi connectivity index (χ2n) is 7.79. The van der Waals surface area contributed by atoms with E-state index in [2.05, 4.69) is 43.3 Å². The van der Waals surface area contributed by atoms with Crippen LogP contribution in [0.2, 0.25) is 0 Å². The highest BCUT2D eigenvalue weighted by Gasteiger charge is 2.48. The minimum Gasteiger partial charge on any atom is -0.497 e. The largest absolute Gasteiger partial charge is 0.497 e. The number of hydrogen-bond donors (Lipinski definition) is 0. The van der Waals surface area contributed by atoms with Gasteiger partial charge in [0.1, 0.15) is 11.5 Å². The van der Waals surface area contributed by atoms with Gasteiger partial charge in [-0.25, -0.2) is 0 Å². The van der Waals surface area contributed by atoms with Crippen molar-refractivity contribution in [2.75, 3.05) is 14.2 Å². The van der Waals surface area contributed by atoms with Crippen molar-refractivity contribution in [1.82, 2.24) is 0 Å². The second-order valence-corrected chi connectivity index (χ2v) is 7.79. The molecule has 0 aromatic heterocycles. The summed E-state index contributed by atoms with van der Waals surface area (Å²) < 4.78 is 10.9. The molecule has 2 unspecified atom stereocenters. The van der Waals surface area contributed by atoms with Gasteiger partial charge in [-0.1, -0.05) is 31.9 Å². The average Bonchev–Trinajstić information content (AvgIpc) is 3.14. The molecule has 2 atom stereocenters. The zero-order valence-electron chi connectivity index (χ0n) is 15.6. The zero-order valence-corrected chi connectivity index (χ0v) is 15.6. The lowest BCUT2D eigenvalue weighted by molar-refractivity contribution is 0.245. The molecule has 2 aromatic rings. The molecule has 25 heavy (non-hydrogen) atoms. The molecule has 2 heteroatoms. The Labute approximate surface area is 151 Å². The van der Waals surface area contributed by atoms with Crippen molar-refractivity contribution >= 4 is 0 Å². The van der Waals surface area contributed by atoms with Crippen LogP contribution in [0.3, 0.4) is 0 Å². The van der Waals surface area contributed by atoms with E-state index in [1.807, 2.05) is 0 Å². The Morgan fingerprint density at radius 2 is 1.52 bits per heavy atom. The molecule has 0 heterocycles. The van der Waals surface area contributed by atoms with Gasteiger partial charge in [-0.2, -0.15) is 0 Å². The first-order chi connectivity index (χ1) is 12.2. The van der Waals surface area contributed by atoms with Crippen LogP contribution in [-0.2, 0) is 19.3 Å². The molecule has 0 radical (unpaired) electrons. The summed E-state index contributed by atoms with van der Waals surface area (Å²) >= 11 is 0. The summed E-state index contributed by atoms with van der Waals surface area (Å²) in [4.78, 5) is 0. The molecule has 0 fully saturated rings. The van der Waals surface area contributed by atoms with E-state index in [1.165, 1.54) is 55.2 Å². The summed E-state index contributed by atoms with van der Waals surface area (Å²) in [5.74, 6) is 2.63. The van der Waals surface area contributed by atoms with Crippen molar-refractivity contribution in [3.05, 3.63) is 58.7 Å². The van der Waals surface area contributed by atoms with E-state index >= 15 is 0 Å². The first-order valence-electron chi connectivity index (χ1n) is 9.51. The van der Waals surface area contributed by atoms with Gasteiger partial charge in [0.2, 0.25) is 0 Å². The van der Waals surface area contributed by atoms with Gasteiger partial charge in [0.05, 0.1) is 14.2 Å². The Hall–Kier alpha value is -1.96. The van der Waals surface area contributed by atoms with Crippen LogP contribution in [0.5, 0.6) is 11.5 Å². The van der Waals surface area contributed by atoms with Crippen LogP contribution in [0, 0.1) is 5.41 Å². The Kier molecular flexibility index (Phi) is 4.23. The van der Waals surface area contributed by atoms with E-state index in [4.69, 9.17) is 9.47 Å². The minimum absolute atomic E-state index is 0.346. The average molecular weight is 336 g/mol. The first kappa shape index (κ1) is 16.5. The summed E-state index contributed by atoms with van der Waals surface area (Å²) in [6.07, 6.45) is 7.39.